The second-order valence-corrected chi connectivity index (χ2v) is 4.89. The molecule has 0 radical (unpaired) electrons. The second kappa shape index (κ2) is 5.87. The van der Waals surface area contributed by atoms with E-state index in [1.165, 1.54) is 0 Å². The Labute approximate surface area is 120 Å². The van der Waals surface area contributed by atoms with Crippen LogP contribution in [0.1, 0.15) is 16.7 Å². The standard InChI is InChI=1S/C15H14F2N2O2/c1-9-3-10(2)5-11(4-9)8-18-14-7-15(19(20)21)13(17)6-12(14)16/h3-7,18H,8H2,1-2H3. The smallest absolute Gasteiger partial charge is 0.307 e. The number of nitrogens with one attached hydrogen (secondary N) is 1. The first-order valence-corrected chi connectivity index (χ1v) is 6.31. The molecule has 0 atom stereocenters. The molecular formula is C15H14F2N2O2. The number of nitrogens with zero attached hydrogens (tertiary/aromatic N) is 1. The molecule has 0 fully saturated rings. The average Bonchev–Trinajstić information content (AvgIpc) is 2.36. The number of rotatable bonds is 4. The van der Waals surface area contributed by atoms with Crippen LogP contribution < -0.4 is 5.32 Å². The highest BCUT2D eigenvalue weighted by atomic mass is 19.1. The molecule has 0 aliphatic heterocycles. The Bertz CT molecular complexity index is 682. The van der Waals surface area contributed by atoms with Crippen molar-refractivity contribution in [3.05, 3.63) is 68.8 Å². The summed E-state index contributed by atoms with van der Waals surface area (Å²) in [5.74, 6) is -2.04. The van der Waals surface area contributed by atoms with E-state index in [9.17, 15) is 18.9 Å². The summed E-state index contributed by atoms with van der Waals surface area (Å²) in [5, 5.41) is 13.4. The monoisotopic (exact) mass is 292 g/mol. The van der Waals surface area contributed by atoms with Gasteiger partial charge in [0, 0.05) is 18.7 Å². The Morgan fingerprint density at radius 3 is 2.24 bits per heavy atom. The number of hydrogen-bond acceptors (Lipinski definition) is 3. The maximum atomic E-state index is 13.6. The fourth-order valence-corrected chi connectivity index (χ4v) is 2.18. The molecule has 0 saturated carbocycles. The topological polar surface area (TPSA) is 55.2 Å². The zero-order chi connectivity index (χ0) is 15.6. The maximum Gasteiger partial charge on any atom is 0.307 e. The molecule has 0 amide bonds. The number of nitro groups is 1. The van der Waals surface area contributed by atoms with Crippen molar-refractivity contribution >= 4 is 11.4 Å². The van der Waals surface area contributed by atoms with Gasteiger partial charge in [0.05, 0.1) is 10.6 Å². The van der Waals surface area contributed by atoms with Crippen molar-refractivity contribution in [2.45, 2.75) is 20.4 Å². The van der Waals surface area contributed by atoms with E-state index >= 15 is 0 Å². The lowest BCUT2D eigenvalue weighted by atomic mass is 10.1. The van der Waals surface area contributed by atoms with E-state index in [2.05, 4.69) is 5.32 Å². The molecule has 0 aliphatic rings. The Morgan fingerprint density at radius 2 is 1.67 bits per heavy atom. The Morgan fingerprint density at radius 1 is 1.05 bits per heavy atom. The van der Waals surface area contributed by atoms with Crippen LogP contribution in [0.15, 0.2) is 30.3 Å². The summed E-state index contributed by atoms with van der Waals surface area (Å²) in [6, 6.07) is 7.24. The first-order chi connectivity index (χ1) is 9.86. The molecule has 2 aromatic rings. The number of halogens is 2. The fourth-order valence-electron chi connectivity index (χ4n) is 2.18. The summed E-state index contributed by atoms with van der Waals surface area (Å²) in [7, 11) is 0. The van der Waals surface area contributed by atoms with Gasteiger partial charge in [-0.1, -0.05) is 29.3 Å². The molecule has 0 saturated heterocycles. The van der Waals surface area contributed by atoms with Crippen molar-refractivity contribution in [2.24, 2.45) is 0 Å². The van der Waals surface area contributed by atoms with Gasteiger partial charge in [0.25, 0.3) is 0 Å². The molecule has 2 rings (SSSR count). The fraction of sp³-hybridized carbons (Fsp3) is 0.200. The lowest BCUT2D eigenvalue weighted by Crippen LogP contribution is -2.04. The molecule has 6 heteroatoms. The van der Waals surface area contributed by atoms with Gasteiger partial charge < -0.3 is 5.32 Å². The van der Waals surface area contributed by atoms with Crippen molar-refractivity contribution < 1.29 is 13.7 Å². The van der Waals surface area contributed by atoms with Crippen LogP contribution in [0.2, 0.25) is 0 Å². The molecule has 21 heavy (non-hydrogen) atoms. The number of anilines is 1. The predicted octanol–water partition coefficient (Wildman–Crippen LogP) is 4.10. The van der Waals surface area contributed by atoms with Gasteiger partial charge >= 0.3 is 5.69 Å². The van der Waals surface area contributed by atoms with Gasteiger partial charge in [-0.05, 0) is 19.4 Å². The summed E-state index contributed by atoms with van der Waals surface area (Å²) in [5.41, 5.74) is 2.20. The minimum atomic E-state index is -1.19. The number of nitro benzene ring substituents is 1. The van der Waals surface area contributed by atoms with E-state index in [-0.39, 0.29) is 5.69 Å². The highest BCUT2D eigenvalue weighted by molar-refractivity contribution is 5.53. The molecule has 110 valence electrons. The van der Waals surface area contributed by atoms with E-state index in [4.69, 9.17) is 0 Å². The molecule has 0 unspecified atom stereocenters. The van der Waals surface area contributed by atoms with Crippen molar-refractivity contribution in [1.82, 2.24) is 0 Å². The lowest BCUT2D eigenvalue weighted by molar-refractivity contribution is -0.387. The van der Waals surface area contributed by atoms with Crippen LogP contribution in [0, 0.1) is 35.6 Å². The average molecular weight is 292 g/mol. The van der Waals surface area contributed by atoms with Gasteiger partial charge in [0.2, 0.25) is 5.82 Å². The van der Waals surface area contributed by atoms with Crippen molar-refractivity contribution in [3.8, 4) is 0 Å². The molecule has 0 heterocycles. The minimum absolute atomic E-state index is 0.0951. The molecule has 0 aromatic heterocycles. The zero-order valence-electron chi connectivity index (χ0n) is 11.6. The third kappa shape index (κ3) is 3.53. The van der Waals surface area contributed by atoms with Crippen LogP contribution >= 0.6 is 0 Å². The minimum Gasteiger partial charge on any atom is -0.378 e. The van der Waals surface area contributed by atoms with Gasteiger partial charge in [0.1, 0.15) is 5.82 Å². The van der Waals surface area contributed by atoms with Gasteiger partial charge in [0.15, 0.2) is 0 Å². The quantitative estimate of drug-likeness (QED) is 0.681. The molecule has 0 bridgehead atoms. The largest absolute Gasteiger partial charge is 0.378 e. The van der Waals surface area contributed by atoms with E-state index in [0.717, 1.165) is 22.8 Å². The third-order valence-corrected chi connectivity index (χ3v) is 3.00. The first kappa shape index (κ1) is 14.9. The Kier molecular flexibility index (Phi) is 4.16. The number of benzene rings is 2. The molecule has 1 N–H and O–H groups in total. The predicted molar refractivity (Wildman–Crippen MR) is 76.3 cm³/mol. The van der Waals surface area contributed by atoms with Gasteiger partial charge in [-0.2, -0.15) is 4.39 Å². The van der Waals surface area contributed by atoms with Gasteiger partial charge in [-0.15, -0.1) is 0 Å². The summed E-state index contributed by atoms with van der Waals surface area (Å²) in [6.07, 6.45) is 0. The molecule has 4 nitrogen and oxygen atoms in total. The van der Waals surface area contributed by atoms with E-state index in [0.29, 0.717) is 12.6 Å². The molecule has 2 aromatic carbocycles. The van der Waals surface area contributed by atoms with Crippen molar-refractivity contribution in [3.63, 3.8) is 0 Å². The van der Waals surface area contributed by atoms with Crippen LogP contribution in [0.3, 0.4) is 0 Å². The molecular weight excluding hydrogens is 278 g/mol. The summed E-state index contributed by atoms with van der Waals surface area (Å²) in [6.45, 7) is 4.18. The van der Waals surface area contributed by atoms with Gasteiger partial charge in [-0.3, -0.25) is 10.1 Å². The highest BCUT2D eigenvalue weighted by Crippen LogP contribution is 2.25. The maximum absolute atomic E-state index is 13.6. The van der Waals surface area contributed by atoms with Crippen LogP contribution in [0.4, 0.5) is 20.2 Å². The summed E-state index contributed by atoms with van der Waals surface area (Å²) in [4.78, 5) is 9.79. The molecule has 0 spiro atoms. The Hall–Kier alpha value is -2.50. The highest BCUT2D eigenvalue weighted by Gasteiger charge is 2.18. The molecule has 0 aliphatic carbocycles. The second-order valence-electron chi connectivity index (χ2n) is 4.89. The van der Waals surface area contributed by atoms with Crippen LogP contribution in [0.25, 0.3) is 0 Å². The van der Waals surface area contributed by atoms with Gasteiger partial charge in [-0.25, -0.2) is 4.39 Å². The summed E-state index contributed by atoms with van der Waals surface area (Å²) >= 11 is 0. The zero-order valence-corrected chi connectivity index (χ0v) is 11.6. The van der Waals surface area contributed by atoms with E-state index in [1.807, 2.05) is 32.0 Å². The van der Waals surface area contributed by atoms with Crippen LogP contribution in [0.5, 0.6) is 0 Å². The van der Waals surface area contributed by atoms with Crippen molar-refractivity contribution in [2.75, 3.05) is 5.32 Å². The summed E-state index contributed by atoms with van der Waals surface area (Å²) < 4.78 is 26.9. The van der Waals surface area contributed by atoms with Crippen LogP contribution in [-0.4, -0.2) is 4.92 Å². The first-order valence-electron chi connectivity index (χ1n) is 6.31. The lowest BCUT2D eigenvalue weighted by Gasteiger charge is -2.09. The van der Waals surface area contributed by atoms with Crippen LogP contribution in [-0.2, 0) is 6.54 Å². The van der Waals surface area contributed by atoms with E-state index < -0.39 is 22.2 Å². The number of hydrogen-bond donors (Lipinski definition) is 1. The van der Waals surface area contributed by atoms with Crippen molar-refractivity contribution in [1.29, 1.82) is 0 Å². The third-order valence-electron chi connectivity index (χ3n) is 3.00. The SMILES string of the molecule is Cc1cc(C)cc(CNc2cc([N+](=O)[O-])c(F)cc2F)c1. The van der Waals surface area contributed by atoms with E-state index in [1.54, 1.807) is 0 Å². The normalized spacial score (nSPS) is 10.5. The Balaban J connectivity index is 2.23. The number of aryl methyl sites for hydroxylation is 2.